The van der Waals surface area contributed by atoms with E-state index in [1.807, 2.05) is 18.2 Å². The quantitative estimate of drug-likeness (QED) is 0.915. The number of pyridine rings is 1. The van der Waals surface area contributed by atoms with Crippen LogP contribution in [-0.2, 0) is 6.54 Å². The lowest BCUT2D eigenvalue weighted by molar-refractivity contribution is 0.150. The van der Waals surface area contributed by atoms with Gasteiger partial charge in [0.15, 0.2) is 0 Å². The Hall–Kier alpha value is -1.61. The third kappa shape index (κ3) is 2.71. The molecule has 1 aromatic heterocycles. The topological polar surface area (TPSA) is 48.1 Å². The maximum Gasteiger partial charge on any atom is 0.221 e. The first-order chi connectivity index (χ1) is 9.36. The van der Waals surface area contributed by atoms with E-state index >= 15 is 0 Å². The van der Waals surface area contributed by atoms with Crippen LogP contribution in [0.15, 0.2) is 30.3 Å². The Morgan fingerprint density at radius 3 is 2.74 bits per heavy atom. The minimum absolute atomic E-state index is 0.317. The number of benzene rings is 1. The molecular weight excluding hydrogens is 236 g/mol. The van der Waals surface area contributed by atoms with Crippen molar-refractivity contribution in [2.45, 2.75) is 44.8 Å². The fourth-order valence-corrected chi connectivity index (χ4v) is 2.76. The van der Waals surface area contributed by atoms with Crippen molar-refractivity contribution < 1.29 is 4.74 Å². The first kappa shape index (κ1) is 12.4. The third-order valence-electron chi connectivity index (χ3n) is 3.80. The molecule has 1 heterocycles. The van der Waals surface area contributed by atoms with Gasteiger partial charge in [0, 0.05) is 11.9 Å². The van der Waals surface area contributed by atoms with Crippen LogP contribution in [0.4, 0.5) is 0 Å². The Kier molecular flexibility index (Phi) is 3.65. The predicted octanol–water partition coefficient (Wildman–Crippen LogP) is 3.41. The second-order valence-corrected chi connectivity index (χ2v) is 5.22. The molecule has 2 aromatic rings. The summed E-state index contributed by atoms with van der Waals surface area (Å²) in [5, 5.41) is 2.24. The molecular formula is C16H20N2O. The van der Waals surface area contributed by atoms with Gasteiger partial charge in [-0.1, -0.05) is 24.6 Å². The van der Waals surface area contributed by atoms with E-state index < -0.39 is 0 Å². The molecule has 0 amide bonds. The van der Waals surface area contributed by atoms with Crippen LogP contribution in [0.3, 0.4) is 0 Å². The van der Waals surface area contributed by atoms with Crippen molar-refractivity contribution in [1.82, 2.24) is 4.98 Å². The molecule has 0 spiro atoms. The molecule has 1 fully saturated rings. The van der Waals surface area contributed by atoms with E-state index in [9.17, 15) is 0 Å². The van der Waals surface area contributed by atoms with Gasteiger partial charge in [-0.05, 0) is 43.2 Å². The Labute approximate surface area is 113 Å². The van der Waals surface area contributed by atoms with Gasteiger partial charge in [-0.3, -0.25) is 0 Å². The summed E-state index contributed by atoms with van der Waals surface area (Å²) in [6.45, 7) is 0.450. The van der Waals surface area contributed by atoms with E-state index in [-0.39, 0.29) is 0 Å². The average Bonchev–Trinajstić information content (AvgIpc) is 2.48. The standard InChI is InChI=1S/C16H20N2O/c17-11-13-10-12-6-4-5-9-15(12)16(18-13)19-14-7-2-1-3-8-14/h4-6,9-10,14H,1-3,7-8,11,17H2. The predicted molar refractivity (Wildman–Crippen MR) is 77.1 cm³/mol. The molecule has 1 aromatic carbocycles. The summed E-state index contributed by atoms with van der Waals surface area (Å²) in [4.78, 5) is 4.57. The van der Waals surface area contributed by atoms with E-state index in [0.29, 0.717) is 12.6 Å². The zero-order chi connectivity index (χ0) is 13.1. The van der Waals surface area contributed by atoms with Gasteiger partial charge in [0.25, 0.3) is 0 Å². The van der Waals surface area contributed by atoms with Gasteiger partial charge in [0.1, 0.15) is 6.10 Å². The molecule has 0 unspecified atom stereocenters. The van der Waals surface area contributed by atoms with Gasteiger partial charge in [-0.2, -0.15) is 0 Å². The zero-order valence-electron chi connectivity index (χ0n) is 11.1. The van der Waals surface area contributed by atoms with Crippen LogP contribution in [0.25, 0.3) is 10.8 Å². The molecule has 3 heteroatoms. The summed E-state index contributed by atoms with van der Waals surface area (Å²) < 4.78 is 6.14. The Bertz CT molecular complexity index is 562. The van der Waals surface area contributed by atoms with Gasteiger partial charge in [-0.15, -0.1) is 0 Å². The van der Waals surface area contributed by atoms with E-state index in [1.54, 1.807) is 0 Å². The molecule has 0 atom stereocenters. The number of nitrogens with two attached hydrogens (primary N) is 1. The summed E-state index contributed by atoms with van der Waals surface area (Å²) >= 11 is 0. The molecule has 2 N–H and O–H groups in total. The van der Waals surface area contributed by atoms with Gasteiger partial charge >= 0.3 is 0 Å². The lowest BCUT2D eigenvalue weighted by atomic mass is 9.98. The number of hydrogen-bond acceptors (Lipinski definition) is 3. The lowest BCUT2D eigenvalue weighted by Crippen LogP contribution is -2.20. The number of fused-ring (bicyclic) bond motifs is 1. The van der Waals surface area contributed by atoms with Crippen LogP contribution in [0.2, 0.25) is 0 Å². The molecule has 19 heavy (non-hydrogen) atoms. The first-order valence-corrected chi connectivity index (χ1v) is 7.12. The molecule has 1 saturated carbocycles. The first-order valence-electron chi connectivity index (χ1n) is 7.12. The van der Waals surface area contributed by atoms with Crippen molar-refractivity contribution in [3.8, 4) is 5.88 Å². The highest BCUT2D eigenvalue weighted by atomic mass is 16.5. The second kappa shape index (κ2) is 5.57. The highest BCUT2D eigenvalue weighted by Gasteiger charge is 2.17. The van der Waals surface area contributed by atoms with Crippen molar-refractivity contribution in [3.05, 3.63) is 36.0 Å². The monoisotopic (exact) mass is 256 g/mol. The number of hydrogen-bond donors (Lipinski definition) is 1. The smallest absolute Gasteiger partial charge is 0.221 e. The molecule has 1 aliphatic carbocycles. The van der Waals surface area contributed by atoms with E-state index in [1.165, 1.54) is 19.3 Å². The van der Waals surface area contributed by atoms with Crippen LogP contribution in [0.1, 0.15) is 37.8 Å². The largest absolute Gasteiger partial charge is 0.474 e. The van der Waals surface area contributed by atoms with Crippen LogP contribution >= 0.6 is 0 Å². The summed E-state index contributed by atoms with van der Waals surface area (Å²) in [7, 11) is 0. The van der Waals surface area contributed by atoms with Crippen molar-refractivity contribution in [3.63, 3.8) is 0 Å². The number of aromatic nitrogens is 1. The van der Waals surface area contributed by atoms with Crippen LogP contribution in [0, 0.1) is 0 Å². The van der Waals surface area contributed by atoms with E-state index in [2.05, 4.69) is 17.1 Å². The van der Waals surface area contributed by atoms with Gasteiger partial charge in [0.05, 0.1) is 5.69 Å². The highest BCUT2D eigenvalue weighted by Crippen LogP contribution is 2.28. The van der Waals surface area contributed by atoms with Crippen LogP contribution in [0.5, 0.6) is 5.88 Å². The minimum Gasteiger partial charge on any atom is -0.474 e. The number of rotatable bonds is 3. The fourth-order valence-electron chi connectivity index (χ4n) is 2.76. The normalized spacial score (nSPS) is 16.7. The Morgan fingerprint density at radius 2 is 1.95 bits per heavy atom. The van der Waals surface area contributed by atoms with Crippen molar-refractivity contribution in [2.24, 2.45) is 5.73 Å². The lowest BCUT2D eigenvalue weighted by Gasteiger charge is -2.23. The molecule has 1 aliphatic rings. The third-order valence-corrected chi connectivity index (χ3v) is 3.80. The average molecular weight is 256 g/mol. The molecule has 3 nitrogen and oxygen atoms in total. The van der Waals surface area contributed by atoms with Crippen LogP contribution in [-0.4, -0.2) is 11.1 Å². The van der Waals surface area contributed by atoms with Gasteiger partial charge in [-0.25, -0.2) is 4.98 Å². The molecule has 3 rings (SSSR count). The van der Waals surface area contributed by atoms with Crippen molar-refractivity contribution >= 4 is 10.8 Å². The second-order valence-electron chi connectivity index (χ2n) is 5.22. The molecule has 0 saturated heterocycles. The molecule has 0 aliphatic heterocycles. The summed E-state index contributed by atoms with van der Waals surface area (Å²) in [5.74, 6) is 0.755. The number of nitrogens with zero attached hydrogens (tertiary/aromatic N) is 1. The SMILES string of the molecule is NCc1cc2ccccc2c(OC2CCCCC2)n1. The maximum atomic E-state index is 6.14. The van der Waals surface area contributed by atoms with E-state index in [0.717, 1.165) is 35.2 Å². The molecule has 0 bridgehead atoms. The summed E-state index contributed by atoms with van der Waals surface area (Å²) in [6, 6.07) is 10.3. The summed E-state index contributed by atoms with van der Waals surface area (Å²) in [6.07, 6.45) is 6.46. The maximum absolute atomic E-state index is 6.14. The van der Waals surface area contributed by atoms with Crippen molar-refractivity contribution in [2.75, 3.05) is 0 Å². The highest BCUT2D eigenvalue weighted by molar-refractivity contribution is 5.87. The van der Waals surface area contributed by atoms with Crippen LogP contribution < -0.4 is 10.5 Å². The Morgan fingerprint density at radius 1 is 1.16 bits per heavy atom. The minimum atomic E-state index is 0.317. The fraction of sp³-hybridized carbons (Fsp3) is 0.438. The van der Waals surface area contributed by atoms with Crippen molar-refractivity contribution in [1.29, 1.82) is 0 Å². The molecule has 0 radical (unpaired) electrons. The van der Waals surface area contributed by atoms with E-state index in [4.69, 9.17) is 10.5 Å². The number of ether oxygens (including phenoxy) is 1. The molecule has 100 valence electrons. The summed E-state index contributed by atoms with van der Waals surface area (Å²) in [5.41, 5.74) is 6.62. The van der Waals surface area contributed by atoms with Gasteiger partial charge < -0.3 is 10.5 Å². The Balaban J connectivity index is 1.95. The zero-order valence-corrected chi connectivity index (χ0v) is 11.1. The van der Waals surface area contributed by atoms with Gasteiger partial charge in [0.2, 0.25) is 5.88 Å².